The maximum Gasteiger partial charge on any atom is 0.278 e. The van der Waals surface area contributed by atoms with Gasteiger partial charge in [-0.3, -0.25) is 0 Å². The molecular weight excluding hydrogens is 204 g/mol. The third-order valence-electron chi connectivity index (χ3n) is 2.15. The van der Waals surface area contributed by atoms with E-state index in [1.165, 1.54) is 14.1 Å². The number of nitrogens with zero attached hydrogens (tertiary/aromatic N) is 1. The highest BCUT2D eigenvalue weighted by Crippen LogP contribution is 2.06. The summed E-state index contributed by atoms with van der Waals surface area (Å²) in [6.07, 6.45) is 1.49. The Morgan fingerprint density at radius 3 is 2.36 bits per heavy atom. The second-order valence-electron chi connectivity index (χ2n) is 3.42. The Morgan fingerprint density at radius 1 is 1.43 bits per heavy atom. The molecule has 86 valence electrons. The second kappa shape index (κ2) is 6.34. The van der Waals surface area contributed by atoms with Crippen molar-refractivity contribution in [3.63, 3.8) is 0 Å². The summed E-state index contributed by atoms with van der Waals surface area (Å²) in [5.41, 5.74) is 0. The van der Waals surface area contributed by atoms with Crippen molar-refractivity contribution in [2.75, 3.05) is 27.2 Å². The van der Waals surface area contributed by atoms with Crippen LogP contribution in [0.3, 0.4) is 0 Å². The Balaban J connectivity index is 4.03. The summed E-state index contributed by atoms with van der Waals surface area (Å²) in [4.78, 5) is 0. The third-order valence-corrected chi connectivity index (χ3v) is 3.64. The largest absolute Gasteiger partial charge is 0.396 e. The fourth-order valence-electron chi connectivity index (χ4n) is 0.985. The molecule has 0 saturated carbocycles. The summed E-state index contributed by atoms with van der Waals surface area (Å²) in [6, 6.07) is 0. The summed E-state index contributed by atoms with van der Waals surface area (Å²) in [7, 11) is -0.357. The minimum atomic E-state index is -3.32. The Morgan fingerprint density at radius 2 is 2.00 bits per heavy atom. The molecule has 0 aromatic heterocycles. The van der Waals surface area contributed by atoms with Gasteiger partial charge in [-0.15, -0.1) is 0 Å². The highest BCUT2D eigenvalue weighted by atomic mass is 32.2. The molecule has 0 aliphatic carbocycles. The maximum atomic E-state index is 11.3. The summed E-state index contributed by atoms with van der Waals surface area (Å²) < 4.78 is 26.2. The van der Waals surface area contributed by atoms with Crippen LogP contribution < -0.4 is 4.72 Å². The Bertz CT molecular complexity index is 239. The van der Waals surface area contributed by atoms with Gasteiger partial charge in [-0.1, -0.05) is 13.3 Å². The standard InChI is InChI=1S/C8H20N2O3S/c1-4-8(5-6-11)7-9-14(12,13)10(2)3/h8-9,11H,4-7H2,1-3H3. The molecule has 0 spiro atoms. The first-order valence-corrected chi connectivity index (χ1v) is 6.16. The molecule has 14 heavy (non-hydrogen) atoms. The van der Waals surface area contributed by atoms with Crippen LogP contribution in [0.5, 0.6) is 0 Å². The van der Waals surface area contributed by atoms with Gasteiger partial charge in [0, 0.05) is 27.2 Å². The second-order valence-corrected chi connectivity index (χ2v) is 5.39. The first-order chi connectivity index (χ1) is 6.44. The van der Waals surface area contributed by atoms with Gasteiger partial charge in [0.05, 0.1) is 0 Å². The molecule has 1 unspecified atom stereocenters. The fraction of sp³-hybridized carbons (Fsp3) is 1.00. The third kappa shape index (κ3) is 4.90. The zero-order valence-corrected chi connectivity index (χ0v) is 9.84. The van der Waals surface area contributed by atoms with Gasteiger partial charge in [-0.05, 0) is 12.3 Å². The highest BCUT2D eigenvalue weighted by Gasteiger charge is 2.14. The van der Waals surface area contributed by atoms with E-state index >= 15 is 0 Å². The van der Waals surface area contributed by atoms with Gasteiger partial charge in [0.15, 0.2) is 0 Å². The molecule has 0 bridgehead atoms. The normalized spacial score (nSPS) is 14.6. The van der Waals surface area contributed by atoms with E-state index in [1.54, 1.807) is 0 Å². The van der Waals surface area contributed by atoms with E-state index in [1.807, 2.05) is 6.92 Å². The molecule has 0 fully saturated rings. The molecule has 0 aliphatic heterocycles. The molecule has 0 heterocycles. The molecule has 0 aliphatic rings. The van der Waals surface area contributed by atoms with E-state index in [4.69, 9.17) is 5.11 Å². The first kappa shape index (κ1) is 13.8. The van der Waals surface area contributed by atoms with Gasteiger partial charge in [0.25, 0.3) is 10.2 Å². The molecule has 0 saturated heterocycles. The summed E-state index contributed by atoms with van der Waals surface area (Å²) in [5.74, 6) is 0.203. The predicted octanol–water partition coefficient (Wildman–Crippen LogP) is -0.209. The number of aliphatic hydroxyl groups is 1. The van der Waals surface area contributed by atoms with Gasteiger partial charge in [-0.2, -0.15) is 12.7 Å². The SMILES string of the molecule is CCC(CCO)CNS(=O)(=O)N(C)C. The van der Waals surface area contributed by atoms with Crippen molar-refractivity contribution in [1.29, 1.82) is 0 Å². The van der Waals surface area contributed by atoms with Gasteiger partial charge < -0.3 is 5.11 Å². The lowest BCUT2D eigenvalue weighted by Crippen LogP contribution is -2.38. The molecule has 0 radical (unpaired) electrons. The summed E-state index contributed by atoms with van der Waals surface area (Å²) >= 11 is 0. The van der Waals surface area contributed by atoms with E-state index in [2.05, 4.69) is 4.72 Å². The van der Waals surface area contributed by atoms with Gasteiger partial charge in [0.2, 0.25) is 0 Å². The molecule has 5 nitrogen and oxygen atoms in total. The van der Waals surface area contributed by atoms with Crippen LogP contribution in [0.15, 0.2) is 0 Å². The van der Waals surface area contributed by atoms with Crippen LogP contribution in [0.2, 0.25) is 0 Å². The molecule has 0 aromatic rings. The number of hydrogen-bond acceptors (Lipinski definition) is 3. The van der Waals surface area contributed by atoms with Crippen LogP contribution >= 0.6 is 0 Å². The summed E-state index contributed by atoms with van der Waals surface area (Å²) in [5, 5.41) is 8.72. The monoisotopic (exact) mass is 224 g/mol. The lowest BCUT2D eigenvalue weighted by atomic mass is 10.0. The minimum absolute atomic E-state index is 0.0994. The molecule has 0 rings (SSSR count). The van der Waals surface area contributed by atoms with Crippen molar-refractivity contribution in [2.45, 2.75) is 19.8 Å². The van der Waals surface area contributed by atoms with Crippen LogP contribution in [-0.2, 0) is 10.2 Å². The van der Waals surface area contributed by atoms with Gasteiger partial charge in [-0.25, -0.2) is 4.72 Å². The molecule has 0 aromatic carbocycles. The zero-order chi connectivity index (χ0) is 11.2. The van der Waals surface area contributed by atoms with Crippen molar-refractivity contribution in [3.8, 4) is 0 Å². The van der Waals surface area contributed by atoms with E-state index in [9.17, 15) is 8.42 Å². The molecule has 0 amide bonds. The quantitative estimate of drug-likeness (QED) is 0.629. The molecule has 1 atom stereocenters. The van der Waals surface area contributed by atoms with Crippen LogP contribution in [-0.4, -0.2) is 45.1 Å². The van der Waals surface area contributed by atoms with Crippen molar-refractivity contribution in [1.82, 2.24) is 9.03 Å². The number of aliphatic hydroxyl groups excluding tert-OH is 1. The van der Waals surface area contributed by atoms with Crippen LogP contribution in [0.25, 0.3) is 0 Å². The Kier molecular flexibility index (Phi) is 6.26. The van der Waals surface area contributed by atoms with Gasteiger partial charge in [0.1, 0.15) is 0 Å². The molecule has 2 N–H and O–H groups in total. The van der Waals surface area contributed by atoms with Crippen molar-refractivity contribution in [2.24, 2.45) is 5.92 Å². The van der Waals surface area contributed by atoms with Crippen LogP contribution in [0, 0.1) is 5.92 Å². The average Bonchev–Trinajstić information content (AvgIpc) is 2.12. The first-order valence-electron chi connectivity index (χ1n) is 4.72. The van der Waals surface area contributed by atoms with Gasteiger partial charge >= 0.3 is 0 Å². The summed E-state index contributed by atoms with van der Waals surface area (Å²) in [6.45, 7) is 2.46. The minimum Gasteiger partial charge on any atom is -0.396 e. The number of nitrogens with one attached hydrogen (secondary N) is 1. The van der Waals surface area contributed by atoms with E-state index in [0.717, 1.165) is 10.7 Å². The number of hydrogen-bond donors (Lipinski definition) is 2. The maximum absolute atomic E-state index is 11.3. The van der Waals surface area contributed by atoms with Crippen LogP contribution in [0.1, 0.15) is 19.8 Å². The lowest BCUT2D eigenvalue weighted by molar-refractivity contribution is 0.254. The predicted molar refractivity (Wildman–Crippen MR) is 56.1 cm³/mol. The lowest BCUT2D eigenvalue weighted by Gasteiger charge is -2.17. The highest BCUT2D eigenvalue weighted by molar-refractivity contribution is 7.87. The smallest absolute Gasteiger partial charge is 0.278 e. The fourth-order valence-corrected chi connectivity index (χ4v) is 1.69. The molecular formula is C8H20N2O3S. The van der Waals surface area contributed by atoms with Crippen molar-refractivity contribution >= 4 is 10.2 Å². The zero-order valence-electron chi connectivity index (χ0n) is 9.02. The number of rotatable bonds is 7. The van der Waals surface area contributed by atoms with E-state index in [-0.39, 0.29) is 12.5 Å². The van der Waals surface area contributed by atoms with E-state index in [0.29, 0.717) is 13.0 Å². The Labute approximate surface area is 86.3 Å². The van der Waals surface area contributed by atoms with Crippen molar-refractivity contribution < 1.29 is 13.5 Å². The van der Waals surface area contributed by atoms with E-state index < -0.39 is 10.2 Å². The Hall–Kier alpha value is -0.170. The molecule has 6 heteroatoms. The van der Waals surface area contributed by atoms with Crippen LogP contribution in [0.4, 0.5) is 0 Å². The van der Waals surface area contributed by atoms with Crippen molar-refractivity contribution in [3.05, 3.63) is 0 Å². The topological polar surface area (TPSA) is 69.6 Å². The average molecular weight is 224 g/mol.